The minimum atomic E-state index is -1.25. The average molecular weight is 362 g/mol. The van der Waals surface area contributed by atoms with Crippen LogP contribution in [0.2, 0.25) is 0 Å². The van der Waals surface area contributed by atoms with Crippen molar-refractivity contribution in [2.45, 2.75) is 19.6 Å². The van der Waals surface area contributed by atoms with Gasteiger partial charge < -0.3 is 14.4 Å². The number of cyclic esters (lactones) is 2. The van der Waals surface area contributed by atoms with Crippen LogP contribution in [0.5, 0.6) is 0 Å². The number of rotatable bonds is 3. The molecule has 1 aliphatic heterocycles. The van der Waals surface area contributed by atoms with Gasteiger partial charge in [-0.05, 0) is 48.0 Å². The highest BCUT2D eigenvalue weighted by Gasteiger charge is 2.38. The average Bonchev–Trinajstić information content (AvgIpc) is 2.64. The van der Waals surface area contributed by atoms with Crippen LogP contribution in [0, 0.1) is 11.3 Å². The lowest BCUT2D eigenvalue weighted by Gasteiger charge is -2.29. The fraction of sp³-hybridized carbons (Fsp3) is 0.190. The Labute approximate surface area is 157 Å². The molecule has 0 aromatic heterocycles. The van der Waals surface area contributed by atoms with Gasteiger partial charge in [-0.15, -0.1) is 0 Å². The van der Waals surface area contributed by atoms with Crippen LogP contribution >= 0.6 is 0 Å². The van der Waals surface area contributed by atoms with Crippen LogP contribution in [-0.4, -0.2) is 24.8 Å². The van der Waals surface area contributed by atoms with Gasteiger partial charge in [0.05, 0.1) is 11.6 Å². The van der Waals surface area contributed by atoms with E-state index in [1.807, 2.05) is 36.2 Å². The lowest BCUT2D eigenvalue weighted by Crippen LogP contribution is -2.41. The van der Waals surface area contributed by atoms with Crippen molar-refractivity contribution in [3.05, 3.63) is 65.2 Å². The minimum absolute atomic E-state index is 0.137. The first-order chi connectivity index (χ1) is 12.8. The van der Waals surface area contributed by atoms with Crippen LogP contribution < -0.4 is 4.90 Å². The van der Waals surface area contributed by atoms with Gasteiger partial charge >= 0.3 is 11.9 Å². The van der Waals surface area contributed by atoms with E-state index in [0.29, 0.717) is 11.1 Å². The highest BCUT2D eigenvalue weighted by Crippen LogP contribution is 2.27. The molecular weight excluding hydrogens is 344 g/mol. The Balaban J connectivity index is 1.80. The van der Waals surface area contributed by atoms with E-state index in [1.165, 1.54) is 19.9 Å². The molecule has 27 heavy (non-hydrogen) atoms. The third-order valence-corrected chi connectivity index (χ3v) is 4.09. The van der Waals surface area contributed by atoms with Crippen LogP contribution in [0.4, 0.5) is 11.4 Å². The number of anilines is 2. The molecule has 6 heteroatoms. The molecule has 1 aliphatic rings. The van der Waals surface area contributed by atoms with Crippen molar-refractivity contribution < 1.29 is 19.1 Å². The molecule has 3 rings (SSSR count). The van der Waals surface area contributed by atoms with Crippen LogP contribution in [0.3, 0.4) is 0 Å². The van der Waals surface area contributed by atoms with Gasteiger partial charge in [-0.1, -0.05) is 12.1 Å². The number of hydrogen-bond donors (Lipinski definition) is 0. The first-order valence-electron chi connectivity index (χ1n) is 8.31. The maximum absolute atomic E-state index is 12.0. The van der Waals surface area contributed by atoms with E-state index < -0.39 is 17.7 Å². The molecule has 0 amide bonds. The zero-order valence-corrected chi connectivity index (χ0v) is 15.2. The summed E-state index contributed by atoms with van der Waals surface area (Å²) in [5, 5.41) is 8.88. The van der Waals surface area contributed by atoms with Gasteiger partial charge in [0.25, 0.3) is 5.79 Å². The fourth-order valence-electron chi connectivity index (χ4n) is 2.65. The molecule has 1 heterocycles. The van der Waals surface area contributed by atoms with Gasteiger partial charge in [-0.3, -0.25) is 0 Å². The number of hydrogen-bond acceptors (Lipinski definition) is 6. The molecule has 1 fully saturated rings. The minimum Gasteiger partial charge on any atom is -0.419 e. The van der Waals surface area contributed by atoms with Crippen LogP contribution in [0.25, 0.3) is 6.08 Å². The van der Waals surface area contributed by atoms with Crippen molar-refractivity contribution >= 4 is 29.4 Å². The SMILES string of the molecule is CN(c1ccc(C#N)cc1)c1ccc(C=C2C(=O)OC(C)(C)OC2=O)cc1. The summed E-state index contributed by atoms with van der Waals surface area (Å²) in [5.74, 6) is -2.65. The Kier molecular flexibility index (Phi) is 4.70. The second-order valence-corrected chi connectivity index (χ2v) is 6.55. The first-order valence-corrected chi connectivity index (χ1v) is 8.31. The molecule has 2 aromatic carbocycles. The smallest absolute Gasteiger partial charge is 0.348 e. The summed E-state index contributed by atoms with van der Waals surface area (Å²) in [5.41, 5.74) is 2.99. The van der Waals surface area contributed by atoms with E-state index in [4.69, 9.17) is 14.7 Å². The van der Waals surface area contributed by atoms with Crippen molar-refractivity contribution in [3.63, 3.8) is 0 Å². The third kappa shape index (κ3) is 3.98. The highest BCUT2D eigenvalue weighted by atomic mass is 16.7. The monoisotopic (exact) mass is 362 g/mol. The van der Waals surface area contributed by atoms with E-state index in [9.17, 15) is 9.59 Å². The summed E-state index contributed by atoms with van der Waals surface area (Å²) in [6.07, 6.45) is 1.45. The first kappa shape index (κ1) is 18.2. The van der Waals surface area contributed by atoms with Gasteiger partial charge in [0.15, 0.2) is 0 Å². The van der Waals surface area contributed by atoms with Crippen LogP contribution in [-0.2, 0) is 19.1 Å². The lowest BCUT2D eigenvalue weighted by atomic mass is 10.1. The number of nitriles is 1. The second-order valence-electron chi connectivity index (χ2n) is 6.55. The summed E-state index contributed by atoms with van der Waals surface area (Å²) in [7, 11) is 1.91. The molecule has 0 aliphatic carbocycles. The van der Waals surface area contributed by atoms with E-state index in [0.717, 1.165) is 11.4 Å². The fourth-order valence-corrected chi connectivity index (χ4v) is 2.65. The molecule has 6 nitrogen and oxygen atoms in total. The normalized spacial score (nSPS) is 15.4. The quantitative estimate of drug-likeness (QED) is 0.472. The number of nitrogens with zero attached hydrogens (tertiary/aromatic N) is 2. The Morgan fingerprint density at radius 2 is 1.41 bits per heavy atom. The molecular formula is C21H18N2O4. The Morgan fingerprint density at radius 1 is 0.926 bits per heavy atom. The summed E-state index contributed by atoms with van der Waals surface area (Å²) in [6.45, 7) is 3.01. The van der Waals surface area contributed by atoms with E-state index in [1.54, 1.807) is 24.3 Å². The topological polar surface area (TPSA) is 79.6 Å². The Morgan fingerprint density at radius 3 is 1.89 bits per heavy atom. The van der Waals surface area contributed by atoms with Crippen molar-refractivity contribution in [3.8, 4) is 6.07 Å². The Bertz CT molecular complexity index is 929. The zero-order valence-electron chi connectivity index (χ0n) is 15.2. The standard InChI is InChI=1S/C21H18N2O4/c1-21(2)26-19(24)18(20(25)27-21)12-14-4-8-16(9-5-14)23(3)17-10-6-15(13-22)7-11-17/h4-12H,1-3H3. The molecule has 0 bridgehead atoms. The van der Waals surface area contributed by atoms with E-state index >= 15 is 0 Å². The number of carbonyl (C=O) groups excluding carboxylic acids is 2. The van der Waals surface area contributed by atoms with E-state index in [-0.39, 0.29) is 5.57 Å². The van der Waals surface area contributed by atoms with Crippen molar-refractivity contribution in [2.24, 2.45) is 0 Å². The van der Waals surface area contributed by atoms with Crippen molar-refractivity contribution in [1.29, 1.82) is 5.26 Å². The summed E-state index contributed by atoms with van der Waals surface area (Å²) in [4.78, 5) is 26.0. The van der Waals surface area contributed by atoms with Gasteiger partial charge in [0.1, 0.15) is 5.57 Å². The summed E-state index contributed by atoms with van der Waals surface area (Å²) >= 11 is 0. The molecule has 0 saturated carbocycles. The molecule has 0 radical (unpaired) electrons. The maximum Gasteiger partial charge on any atom is 0.348 e. The van der Waals surface area contributed by atoms with Gasteiger partial charge in [-0.2, -0.15) is 5.26 Å². The van der Waals surface area contributed by atoms with Crippen LogP contribution in [0.1, 0.15) is 25.0 Å². The van der Waals surface area contributed by atoms with Crippen molar-refractivity contribution in [2.75, 3.05) is 11.9 Å². The molecule has 0 N–H and O–H groups in total. The maximum atomic E-state index is 12.0. The predicted octanol–water partition coefficient (Wildman–Crippen LogP) is 3.55. The molecule has 1 saturated heterocycles. The number of ether oxygens (including phenoxy) is 2. The van der Waals surface area contributed by atoms with Gasteiger partial charge in [0.2, 0.25) is 0 Å². The molecule has 0 spiro atoms. The molecule has 2 aromatic rings. The van der Waals surface area contributed by atoms with Gasteiger partial charge in [0, 0.05) is 32.3 Å². The third-order valence-electron chi connectivity index (χ3n) is 4.09. The zero-order chi connectivity index (χ0) is 19.6. The summed E-state index contributed by atoms with van der Waals surface area (Å²) < 4.78 is 10.2. The molecule has 136 valence electrons. The molecule has 0 atom stereocenters. The second kappa shape index (κ2) is 6.96. The highest BCUT2D eigenvalue weighted by molar-refractivity contribution is 6.18. The molecule has 0 unspecified atom stereocenters. The Hall–Kier alpha value is -3.59. The van der Waals surface area contributed by atoms with Crippen LogP contribution in [0.15, 0.2) is 54.1 Å². The predicted molar refractivity (Wildman–Crippen MR) is 99.9 cm³/mol. The number of carbonyl (C=O) groups is 2. The summed E-state index contributed by atoms with van der Waals surface area (Å²) in [6, 6.07) is 16.7. The lowest BCUT2D eigenvalue weighted by molar-refractivity contribution is -0.222. The number of benzene rings is 2. The van der Waals surface area contributed by atoms with Crippen molar-refractivity contribution in [1.82, 2.24) is 0 Å². The largest absolute Gasteiger partial charge is 0.419 e. The van der Waals surface area contributed by atoms with Gasteiger partial charge in [-0.25, -0.2) is 9.59 Å². The number of esters is 2. The van der Waals surface area contributed by atoms with E-state index in [2.05, 4.69) is 6.07 Å².